The summed E-state index contributed by atoms with van der Waals surface area (Å²) in [4.78, 5) is 13.6. The minimum Gasteiger partial charge on any atom is -0.477 e. The molecule has 0 radical (unpaired) electrons. The summed E-state index contributed by atoms with van der Waals surface area (Å²) in [6.07, 6.45) is 9.47. The summed E-state index contributed by atoms with van der Waals surface area (Å²) in [5.41, 5.74) is 10.2. The molecule has 4 heteroatoms. The SMILES string of the molecule is N#C/C(=C\C=C\c1ccc2c(c1)C1CCCC1N2c1ccc2c(c1)Cc1ccccc1-2)C(=O)O. The summed E-state index contributed by atoms with van der Waals surface area (Å²) in [6, 6.07) is 24.3. The van der Waals surface area contributed by atoms with E-state index in [1.165, 1.54) is 64.5 Å². The quantitative estimate of drug-likeness (QED) is 0.219. The van der Waals surface area contributed by atoms with E-state index in [9.17, 15) is 4.79 Å². The van der Waals surface area contributed by atoms with E-state index < -0.39 is 5.97 Å². The Balaban J connectivity index is 1.34. The maximum absolute atomic E-state index is 11.0. The Labute approximate surface area is 199 Å². The van der Waals surface area contributed by atoms with Crippen LogP contribution >= 0.6 is 0 Å². The van der Waals surface area contributed by atoms with Gasteiger partial charge in [-0.05, 0) is 83.0 Å². The molecular weight excluding hydrogens is 420 g/mol. The first-order valence-corrected chi connectivity index (χ1v) is 11.8. The van der Waals surface area contributed by atoms with Crippen molar-refractivity contribution in [2.75, 3.05) is 4.90 Å². The summed E-state index contributed by atoms with van der Waals surface area (Å²) in [5, 5.41) is 17.9. The smallest absolute Gasteiger partial charge is 0.346 e. The lowest BCUT2D eigenvalue weighted by molar-refractivity contribution is -0.132. The number of carboxylic acid groups (broad SMARTS) is 1. The molecule has 1 N–H and O–H groups in total. The summed E-state index contributed by atoms with van der Waals surface area (Å²) >= 11 is 0. The van der Waals surface area contributed by atoms with E-state index >= 15 is 0 Å². The van der Waals surface area contributed by atoms with Crippen molar-refractivity contribution in [3.63, 3.8) is 0 Å². The van der Waals surface area contributed by atoms with E-state index in [-0.39, 0.29) is 5.57 Å². The molecule has 34 heavy (non-hydrogen) atoms. The summed E-state index contributed by atoms with van der Waals surface area (Å²) in [6.45, 7) is 0. The van der Waals surface area contributed by atoms with E-state index in [0.29, 0.717) is 12.0 Å². The number of fused-ring (bicyclic) bond motifs is 6. The maximum Gasteiger partial charge on any atom is 0.346 e. The van der Waals surface area contributed by atoms with Crippen molar-refractivity contribution in [2.24, 2.45) is 0 Å². The topological polar surface area (TPSA) is 64.3 Å². The predicted molar refractivity (Wildman–Crippen MR) is 134 cm³/mol. The van der Waals surface area contributed by atoms with Crippen molar-refractivity contribution in [3.05, 3.63) is 101 Å². The predicted octanol–water partition coefficient (Wildman–Crippen LogP) is 6.59. The molecule has 3 aromatic carbocycles. The molecule has 166 valence electrons. The molecule has 2 atom stereocenters. The average molecular weight is 445 g/mol. The van der Waals surface area contributed by atoms with Crippen molar-refractivity contribution in [2.45, 2.75) is 37.6 Å². The van der Waals surface area contributed by atoms with Crippen molar-refractivity contribution in [1.29, 1.82) is 5.26 Å². The highest BCUT2D eigenvalue weighted by atomic mass is 16.4. The van der Waals surface area contributed by atoms with E-state index in [1.54, 1.807) is 12.1 Å². The standard InChI is InChI=1S/C30H24N2O2/c31-18-21(30(33)34)7-3-5-19-11-14-29-27(15-19)26-9-4-10-28(26)32(29)23-12-13-25-22(17-23)16-20-6-1-2-8-24(20)25/h1-3,5-8,11-15,17,26,28H,4,9-10,16H2,(H,33,34)/b5-3+,21-7+. The monoisotopic (exact) mass is 444 g/mol. The van der Waals surface area contributed by atoms with E-state index in [4.69, 9.17) is 10.4 Å². The number of aliphatic carboxylic acids is 1. The van der Waals surface area contributed by atoms with Gasteiger partial charge in [0.25, 0.3) is 0 Å². The summed E-state index contributed by atoms with van der Waals surface area (Å²) < 4.78 is 0. The number of carboxylic acids is 1. The lowest BCUT2D eigenvalue weighted by Gasteiger charge is -2.27. The molecule has 3 aromatic rings. The molecule has 1 aliphatic heterocycles. The van der Waals surface area contributed by atoms with Gasteiger partial charge in [0.2, 0.25) is 0 Å². The van der Waals surface area contributed by atoms with Gasteiger partial charge in [0.15, 0.2) is 0 Å². The third-order valence-corrected chi connectivity index (χ3v) is 7.48. The van der Waals surface area contributed by atoms with E-state index in [2.05, 4.69) is 65.6 Å². The van der Waals surface area contributed by atoms with Gasteiger partial charge in [-0.1, -0.05) is 55.0 Å². The van der Waals surface area contributed by atoms with Crippen LogP contribution in [-0.2, 0) is 11.2 Å². The first-order valence-electron chi connectivity index (χ1n) is 11.8. The third-order valence-electron chi connectivity index (χ3n) is 7.48. The second-order valence-corrected chi connectivity index (χ2v) is 9.32. The van der Waals surface area contributed by atoms with Crippen LogP contribution in [-0.4, -0.2) is 17.1 Å². The second kappa shape index (κ2) is 8.04. The zero-order valence-corrected chi connectivity index (χ0v) is 18.7. The van der Waals surface area contributed by atoms with Crippen LogP contribution in [0.4, 0.5) is 11.4 Å². The minimum atomic E-state index is -1.21. The zero-order chi connectivity index (χ0) is 23.2. The van der Waals surface area contributed by atoms with Crippen LogP contribution in [0.3, 0.4) is 0 Å². The molecule has 1 heterocycles. The van der Waals surface area contributed by atoms with Crippen LogP contribution < -0.4 is 4.90 Å². The Morgan fingerprint density at radius 3 is 2.74 bits per heavy atom. The number of hydrogen-bond acceptors (Lipinski definition) is 3. The van der Waals surface area contributed by atoms with Crippen molar-refractivity contribution >= 4 is 23.4 Å². The molecule has 1 saturated carbocycles. The molecule has 2 unspecified atom stereocenters. The fraction of sp³-hybridized carbons (Fsp3) is 0.200. The highest BCUT2D eigenvalue weighted by molar-refractivity contribution is 5.91. The van der Waals surface area contributed by atoms with E-state index in [1.807, 2.05) is 6.08 Å². The number of anilines is 2. The minimum absolute atomic E-state index is 0.266. The zero-order valence-electron chi connectivity index (χ0n) is 18.7. The highest BCUT2D eigenvalue weighted by Gasteiger charge is 2.42. The highest BCUT2D eigenvalue weighted by Crippen LogP contribution is 2.53. The molecular formula is C30H24N2O2. The van der Waals surface area contributed by atoms with Gasteiger partial charge in [-0.3, -0.25) is 0 Å². The molecule has 1 fully saturated rings. The van der Waals surface area contributed by atoms with Gasteiger partial charge in [0.05, 0.1) is 0 Å². The molecule has 2 aliphatic carbocycles. The van der Waals surface area contributed by atoms with Crippen LogP contribution in [0.1, 0.15) is 47.4 Å². The van der Waals surface area contributed by atoms with Crippen LogP contribution in [0.15, 0.2) is 78.4 Å². The fourth-order valence-electron chi connectivity index (χ4n) is 6.01. The lowest BCUT2D eigenvalue weighted by Crippen LogP contribution is -2.26. The summed E-state index contributed by atoms with van der Waals surface area (Å²) in [7, 11) is 0. The number of nitrogens with zero attached hydrogens (tertiary/aromatic N) is 2. The van der Waals surface area contributed by atoms with Crippen LogP contribution in [0, 0.1) is 11.3 Å². The van der Waals surface area contributed by atoms with Gasteiger partial charge in [-0.25, -0.2) is 4.79 Å². The Bertz CT molecular complexity index is 1430. The number of allylic oxidation sites excluding steroid dienone is 2. The normalized spacial score (nSPS) is 20.1. The molecule has 0 spiro atoms. The Morgan fingerprint density at radius 1 is 1.03 bits per heavy atom. The summed E-state index contributed by atoms with van der Waals surface area (Å²) in [5.74, 6) is -0.694. The Morgan fingerprint density at radius 2 is 1.88 bits per heavy atom. The maximum atomic E-state index is 11.0. The number of rotatable bonds is 4. The first kappa shape index (κ1) is 20.5. The molecule has 0 saturated heterocycles. The Hall–Kier alpha value is -4.10. The first-order chi connectivity index (χ1) is 16.6. The van der Waals surface area contributed by atoms with Gasteiger partial charge in [0, 0.05) is 23.3 Å². The molecule has 0 aromatic heterocycles. The fourth-order valence-corrected chi connectivity index (χ4v) is 6.01. The Kier molecular flexibility index (Phi) is 4.85. The van der Waals surface area contributed by atoms with Gasteiger partial charge in [-0.2, -0.15) is 5.26 Å². The third kappa shape index (κ3) is 3.24. The van der Waals surface area contributed by atoms with Crippen molar-refractivity contribution < 1.29 is 9.90 Å². The van der Waals surface area contributed by atoms with Gasteiger partial charge in [-0.15, -0.1) is 0 Å². The van der Waals surface area contributed by atoms with Crippen LogP contribution in [0.25, 0.3) is 17.2 Å². The molecule has 0 bridgehead atoms. The largest absolute Gasteiger partial charge is 0.477 e. The number of nitriles is 1. The number of carbonyl (C=O) groups is 1. The second-order valence-electron chi connectivity index (χ2n) is 9.32. The van der Waals surface area contributed by atoms with Crippen molar-refractivity contribution in [1.82, 2.24) is 0 Å². The van der Waals surface area contributed by atoms with Gasteiger partial charge < -0.3 is 10.0 Å². The van der Waals surface area contributed by atoms with Gasteiger partial charge in [0.1, 0.15) is 11.6 Å². The average Bonchev–Trinajstić information content (AvgIpc) is 3.53. The molecule has 0 amide bonds. The van der Waals surface area contributed by atoms with Gasteiger partial charge >= 0.3 is 5.97 Å². The number of hydrogen-bond donors (Lipinski definition) is 1. The van der Waals surface area contributed by atoms with Crippen molar-refractivity contribution in [3.8, 4) is 17.2 Å². The van der Waals surface area contributed by atoms with Crippen LogP contribution in [0.2, 0.25) is 0 Å². The number of benzene rings is 3. The molecule has 6 rings (SSSR count). The van der Waals surface area contributed by atoms with Crippen LogP contribution in [0.5, 0.6) is 0 Å². The molecule has 3 aliphatic rings. The molecule has 4 nitrogen and oxygen atoms in total. The lowest BCUT2D eigenvalue weighted by atomic mass is 9.96. The van der Waals surface area contributed by atoms with E-state index in [0.717, 1.165) is 12.0 Å².